The molecule has 0 atom stereocenters. The first-order valence-corrected chi connectivity index (χ1v) is 7.42. The van der Waals surface area contributed by atoms with Crippen molar-refractivity contribution in [1.82, 2.24) is 4.57 Å². The molecule has 3 nitrogen and oxygen atoms in total. The lowest BCUT2D eigenvalue weighted by atomic mass is 10.1. The quantitative estimate of drug-likeness (QED) is 0.880. The smallest absolute Gasteiger partial charge is 0.337 e. The molecule has 1 aromatic heterocycles. The van der Waals surface area contributed by atoms with Crippen LogP contribution in [0.3, 0.4) is 0 Å². The molecule has 0 amide bonds. The number of carboxylic acids is 1. The summed E-state index contributed by atoms with van der Waals surface area (Å²) >= 11 is 0. The lowest BCUT2D eigenvalue weighted by Crippen LogP contribution is -2.12. The Hall–Kier alpha value is -2.03. The van der Waals surface area contributed by atoms with Gasteiger partial charge in [0, 0.05) is 17.9 Å². The van der Waals surface area contributed by atoms with Crippen LogP contribution in [0.25, 0.3) is 0 Å². The third kappa shape index (κ3) is 3.18. The summed E-state index contributed by atoms with van der Waals surface area (Å²) in [5.41, 5.74) is 3.62. The third-order valence-electron chi connectivity index (χ3n) is 3.72. The number of carboxylic acid groups (broad SMARTS) is 1. The van der Waals surface area contributed by atoms with Gasteiger partial charge in [0.25, 0.3) is 0 Å². The number of nitrogens with zero attached hydrogens (tertiary/aromatic N) is 1. The van der Waals surface area contributed by atoms with Crippen LogP contribution in [0.15, 0.2) is 36.4 Å². The Morgan fingerprint density at radius 2 is 1.71 bits per heavy atom. The van der Waals surface area contributed by atoms with Gasteiger partial charge in [-0.15, -0.1) is 0 Å². The highest BCUT2D eigenvalue weighted by Crippen LogP contribution is 2.29. The molecular weight excluding hydrogens is 262 g/mol. The van der Waals surface area contributed by atoms with Gasteiger partial charge in [0.1, 0.15) is 0 Å². The minimum absolute atomic E-state index is 0.173. The highest BCUT2D eigenvalue weighted by molar-refractivity contribution is 5.89. The number of hydrogen-bond donors (Lipinski definition) is 1. The van der Waals surface area contributed by atoms with Crippen molar-refractivity contribution in [2.75, 3.05) is 0 Å². The van der Waals surface area contributed by atoms with E-state index in [4.69, 9.17) is 0 Å². The predicted molar refractivity (Wildman–Crippen MR) is 85.1 cm³/mol. The SMILES string of the molecule is CC(C)c1cc(C(=O)O)c(C(C)C)n1Cc1ccccc1. The first-order chi connectivity index (χ1) is 9.91. The molecule has 0 saturated heterocycles. The van der Waals surface area contributed by atoms with E-state index in [2.05, 4.69) is 30.5 Å². The van der Waals surface area contributed by atoms with E-state index in [1.165, 1.54) is 5.56 Å². The van der Waals surface area contributed by atoms with E-state index < -0.39 is 5.97 Å². The molecule has 0 radical (unpaired) electrons. The second-order valence-electron chi connectivity index (χ2n) is 6.05. The van der Waals surface area contributed by atoms with Crippen molar-refractivity contribution in [1.29, 1.82) is 0 Å². The Kier molecular flexibility index (Phi) is 4.51. The topological polar surface area (TPSA) is 42.2 Å². The normalized spacial score (nSPS) is 11.3. The Morgan fingerprint density at radius 1 is 1.10 bits per heavy atom. The van der Waals surface area contributed by atoms with Gasteiger partial charge < -0.3 is 9.67 Å². The van der Waals surface area contributed by atoms with Crippen LogP contribution in [0.4, 0.5) is 0 Å². The van der Waals surface area contributed by atoms with Gasteiger partial charge in [-0.25, -0.2) is 4.79 Å². The van der Waals surface area contributed by atoms with Crippen LogP contribution in [-0.2, 0) is 6.54 Å². The summed E-state index contributed by atoms with van der Waals surface area (Å²) in [4.78, 5) is 11.6. The van der Waals surface area contributed by atoms with Crippen LogP contribution >= 0.6 is 0 Å². The van der Waals surface area contributed by atoms with Gasteiger partial charge >= 0.3 is 5.97 Å². The van der Waals surface area contributed by atoms with Crippen LogP contribution in [-0.4, -0.2) is 15.6 Å². The monoisotopic (exact) mass is 285 g/mol. The van der Waals surface area contributed by atoms with Crippen molar-refractivity contribution in [2.45, 2.75) is 46.1 Å². The van der Waals surface area contributed by atoms with E-state index in [1.54, 1.807) is 0 Å². The van der Waals surface area contributed by atoms with E-state index in [-0.39, 0.29) is 5.92 Å². The molecule has 0 aliphatic carbocycles. The van der Waals surface area contributed by atoms with Gasteiger partial charge in [-0.1, -0.05) is 58.0 Å². The second-order valence-corrected chi connectivity index (χ2v) is 6.05. The molecule has 0 aliphatic rings. The highest BCUT2D eigenvalue weighted by Gasteiger charge is 2.23. The summed E-state index contributed by atoms with van der Waals surface area (Å²) in [6.07, 6.45) is 0. The molecular formula is C18H23NO2. The van der Waals surface area contributed by atoms with Crippen molar-refractivity contribution in [3.63, 3.8) is 0 Å². The Bertz CT molecular complexity index is 624. The molecule has 21 heavy (non-hydrogen) atoms. The number of carbonyl (C=O) groups is 1. The van der Waals surface area contributed by atoms with Gasteiger partial charge in [0.15, 0.2) is 0 Å². The summed E-state index contributed by atoms with van der Waals surface area (Å²) < 4.78 is 2.17. The van der Waals surface area contributed by atoms with Gasteiger partial charge in [-0.2, -0.15) is 0 Å². The maximum atomic E-state index is 11.6. The molecule has 1 heterocycles. The highest BCUT2D eigenvalue weighted by atomic mass is 16.4. The van der Waals surface area contributed by atoms with Gasteiger partial charge in [-0.05, 0) is 23.5 Å². The maximum Gasteiger partial charge on any atom is 0.337 e. The summed E-state index contributed by atoms with van der Waals surface area (Å²) in [5, 5.41) is 9.49. The molecule has 0 saturated carbocycles. The molecule has 0 bridgehead atoms. The minimum atomic E-state index is -0.840. The van der Waals surface area contributed by atoms with Gasteiger partial charge in [0.2, 0.25) is 0 Å². The number of aromatic nitrogens is 1. The second kappa shape index (κ2) is 6.17. The largest absolute Gasteiger partial charge is 0.478 e. The number of benzene rings is 1. The van der Waals surface area contributed by atoms with Crippen molar-refractivity contribution < 1.29 is 9.90 Å². The summed E-state index contributed by atoms with van der Waals surface area (Å²) in [7, 11) is 0. The summed E-state index contributed by atoms with van der Waals surface area (Å²) in [5.74, 6) is -0.376. The maximum absolute atomic E-state index is 11.6. The molecule has 1 aromatic carbocycles. The molecule has 1 N–H and O–H groups in total. The third-order valence-corrected chi connectivity index (χ3v) is 3.72. The van der Waals surface area contributed by atoms with E-state index in [1.807, 2.05) is 38.1 Å². The zero-order chi connectivity index (χ0) is 15.6. The minimum Gasteiger partial charge on any atom is -0.478 e. The Morgan fingerprint density at radius 3 is 2.19 bits per heavy atom. The fraction of sp³-hybridized carbons (Fsp3) is 0.389. The number of hydrogen-bond acceptors (Lipinski definition) is 1. The van der Waals surface area contributed by atoms with Crippen molar-refractivity contribution >= 4 is 5.97 Å². The van der Waals surface area contributed by atoms with Crippen molar-refractivity contribution in [2.24, 2.45) is 0 Å². The van der Waals surface area contributed by atoms with E-state index in [0.29, 0.717) is 11.5 Å². The van der Waals surface area contributed by atoms with Gasteiger partial charge in [-0.3, -0.25) is 0 Å². The first kappa shape index (κ1) is 15.4. The van der Waals surface area contributed by atoms with Crippen LogP contribution in [0, 0.1) is 0 Å². The summed E-state index contributed by atoms with van der Waals surface area (Å²) in [6.45, 7) is 9.02. The fourth-order valence-electron chi connectivity index (χ4n) is 2.80. The van der Waals surface area contributed by atoms with Gasteiger partial charge in [0.05, 0.1) is 5.56 Å². The van der Waals surface area contributed by atoms with E-state index >= 15 is 0 Å². The van der Waals surface area contributed by atoms with Crippen LogP contribution in [0.1, 0.15) is 66.8 Å². The van der Waals surface area contributed by atoms with E-state index in [9.17, 15) is 9.90 Å². The zero-order valence-electron chi connectivity index (χ0n) is 13.1. The molecule has 2 rings (SSSR count). The Balaban J connectivity index is 2.58. The van der Waals surface area contributed by atoms with Crippen molar-refractivity contribution in [3.8, 4) is 0 Å². The first-order valence-electron chi connectivity index (χ1n) is 7.42. The van der Waals surface area contributed by atoms with Crippen LogP contribution in [0.2, 0.25) is 0 Å². The average molecular weight is 285 g/mol. The number of rotatable bonds is 5. The van der Waals surface area contributed by atoms with Crippen LogP contribution in [0.5, 0.6) is 0 Å². The molecule has 2 aromatic rings. The zero-order valence-corrected chi connectivity index (χ0v) is 13.1. The van der Waals surface area contributed by atoms with Crippen LogP contribution < -0.4 is 0 Å². The molecule has 3 heteroatoms. The van der Waals surface area contributed by atoms with E-state index in [0.717, 1.165) is 17.9 Å². The molecule has 0 aliphatic heterocycles. The number of aromatic carboxylic acids is 1. The lowest BCUT2D eigenvalue weighted by molar-refractivity contribution is 0.0695. The van der Waals surface area contributed by atoms with Crippen molar-refractivity contribution in [3.05, 3.63) is 58.9 Å². The predicted octanol–water partition coefficient (Wildman–Crippen LogP) is 4.48. The Labute approximate surface area is 126 Å². The molecule has 112 valence electrons. The fourth-order valence-corrected chi connectivity index (χ4v) is 2.80. The molecule has 0 fully saturated rings. The molecule has 0 spiro atoms. The average Bonchev–Trinajstić information content (AvgIpc) is 2.79. The standard InChI is InChI=1S/C18H23NO2/c1-12(2)16-10-15(18(20)21)17(13(3)4)19(16)11-14-8-6-5-7-9-14/h5-10,12-13H,11H2,1-4H3,(H,20,21). The lowest BCUT2D eigenvalue weighted by Gasteiger charge is -2.18. The molecule has 0 unspecified atom stereocenters. The summed E-state index contributed by atoms with van der Waals surface area (Å²) in [6, 6.07) is 12.0.